The fourth-order valence-electron chi connectivity index (χ4n) is 5.12. The average molecular weight is 618 g/mol. The SMILES string of the molecule is CCC1CCC(C)N1C(=O)c1nc(C(=O)NC(C)C(C)(C)O)sc1-c1cnc(NC(C2CC2)C(F)(F)F)cc1C(F)F. The summed E-state index contributed by atoms with van der Waals surface area (Å²) in [6.45, 7) is 8.39. The quantitative estimate of drug-likeness (QED) is 0.275. The van der Waals surface area contributed by atoms with Crippen LogP contribution in [0.1, 0.15) is 99.0 Å². The second kappa shape index (κ2) is 12.0. The van der Waals surface area contributed by atoms with Crippen molar-refractivity contribution in [1.29, 1.82) is 0 Å². The predicted molar refractivity (Wildman–Crippen MR) is 149 cm³/mol. The zero-order chi connectivity index (χ0) is 31.1. The molecular weight excluding hydrogens is 581 g/mol. The molecule has 4 unspecified atom stereocenters. The molecule has 1 aliphatic heterocycles. The smallest absolute Gasteiger partial charge is 0.388 e. The number of thiazole rings is 1. The van der Waals surface area contributed by atoms with E-state index in [1.807, 2.05) is 13.8 Å². The summed E-state index contributed by atoms with van der Waals surface area (Å²) >= 11 is 0.715. The summed E-state index contributed by atoms with van der Waals surface area (Å²) in [5, 5.41) is 15.0. The van der Waals surface area contributed by atoms with Crippen LogP contribution >= 0.6 is 11.3 Å². The van der Waals surface area contributed by atoms with Crippen molar-refractivity contribution in [2.24, 2.45) is 5.92 Å². The number of hydrogen-bond acceptors (Lipinski definition) is 7. The predicted octanol–water partition coefficient (Wildman–Crippen LogP) is 6.19. The molecule has 0 radical (unpaired) electrons. The summed E-state index contributed by atoms with van der Waals surface area (Å²) in [6.07, 6.45) is -3.81. The van der Waals surface area contributed by atoms with Crippen LogP contribution in [0.5, 0.6) is 0 Å². The van der Waals surface area contributed by atoms with Crippen molar-refractivity contribution in [1.82, 2.24) is 20.2 Å². The maximum Gasteiger partial charge on any atom is 0.408 e. The zero-order valence-electron chi connectivity index (χ0n) is 24.1. The van der Waals surface area contributed by atoms with Crippen LogP contribution in [0.25, 0.3) is 10.4 Å². The largest absolute Gasteiger partial charge is 0.408 e. The number of alkyl halides is 5. The maximum atomic E-state index is 14.4. The molecule has 2 amide bonds. The topological polar surface area (TPSA) is 107 Å². The Labute approximate surface area is 245 Å². The summed E-state index contributed by atoms with van der Waals surface area (Å²) in [5.41, 5.74) is -2.32. The van der Waals surface area contributed by atoms with Gasteiger partial charge >= 0.3 is 6.18 Å². The minimum atomic E-state index is -4.59. The van der Waals surface area contributed by atoms with Gasteiger partial charge in [-0.3, -0.25) is 9.59 Å². The molecule has 3 N–H and O–H groups in total. The molecule has 0 spiro atoms. The molecule has 14 heteroatoms. The number of amides is 2. The number of nitrogens with one attached hydrogen (secondary N) is 2. The molecule has 1 saturated carbocycles. The number of hydrogen-bond donors (Lipinski definition) is 3. The van der Waals surface area contributed by atoms with Crippen LogP contribution < -0.4 is 10.6 Å². The van der Waals surface area contributed by atoms with Gasteiger partial charge in [0.25, 0.3) is 18.2 Å². The van der Waals surface area contributed by atoms with Gasteiger partial charge in [-0.2, -0.15) is 13.2 Å². The molecule has 1 saturated heterocycles. The van der Waals surface area contributed by atoms with Crippen molar-refractivity contribution in [3.05, 3.63) is 28.5 Å². The van der Waals surface area contributed by atoms with E-state index in [0.717, 1.165) is 25.1 Å². The number of aliphatic hydroxyl groups is 1. The van der Waals surface area contributed by atoms with Crippen LogP contribution in [0.3, 0.4) is 0 Å². The van der Waals surface area contributed by atoms with E-state index in [1.165, 1.54) is 13.8 Å². The number of nitrogens with zero attached hydrogens (tertiary/aromatic N) is 3. The highest BCUT2D eigenvalue weighted by molar-refractivity contribution is 7.17. The molecular formula is C28H36F5N5O3S. The Balaban J connectivity index is 1.78. The molecule has 0 aromatic carbocycles. The zero-order valence-corrected chi connectivity index (χ0v) is 24.9. The lowest BCUT2D eigenvalue weighted by atomic mass is 10.0. The molecule has 232 valence electrons. The summed E-state index contributed by atoms with van der Waals surface area (Å²) in [6, 6.07) is -2.02. The van der Waals surface area contributed by atoms with E-state index >= 15 is 0 Å². The van der Waals surface area contributed by atoms with Crippen molar-refractivity contribution < 1.29 is 36.6 Å². The van der Waals surface area contributed by atoms with E-state index in [1.54, 1.807) is 11.8 Å². The van der Waals surface area contributed by atoms with Crippen molar-refractivity contribution in [2.75, 3.05) is 5.32 Å². The summed E-state index contributed by atoms with van der Waals surface area (Å²) in [5.74, 6) is -2.26. The Morgan fingerprint density at radius 3 is 2.40 bits per heavy atom. The molecule has 1 aliphatic carbocycles. The first-order valence-corrected chi connectivity index (χ1v) is 14.8. The van der Waals surface area contributed by atoms with Gasteiger partial charge in [0, 0.05) is 29.4 Å². The first-order valence-electron chi connectivity index (χ1n) is 14.0. The fourth-order valence-corrected chi connectivity index (χ4v) is 6.11. The van der Waals surface area contributed by atoms with Crippen molar-refractivity contribution in [3.8, 4) is 10.4 Å². The number of halogens is 5. The Kier molecular flexibility index (Phi) is 9.17. The monoisotopic (exact) mass is 617 g/mol. The van der Waals surface area contributed by atoms with Crippen LogP contribution in [-0.4, -0.2) is 67.7 Å². The normalized spacial score (nSPS) is 21.0. The minimum absolute atomic E-state index is 0.0288. The Morgan fingerprint density at radius 2 is 1.86 bits per heavy atom. The van der Waals surface area contributed by atoms with E-state index in [4.69, 9.17) is 0 Å². The van der Waals surface area contributed by atoms with Gasteiger partial charge in [-0.05, 0) is 71.8 Å². The minimum Gasteiger partial charge on any atom is -0.388 e. The van der Waals surface area contributed by atoms with Gasteiger partial charge in [0.05, 0.1) is 16.5 Å². The van der Waals surface area contributed by atoms with Crippen LogP contribution in [0, 0.1) is 5.92 Å². The van der Waals surface area contributed by atoms with E-state index in [2.05, 4.69) is 20.6 Å². The second-order valence-electron chi connectivity index (χ2n) is 11.7. The highest BCUT2D eigenvalue weighted by Crippen LogP contribution is 2.43. The van der Waals surface area contributed by atoms with Gasteiger partial charge in [-0.15, -0.1) is 11.3 Å². The first kappa shape index (κ1) is 32.1. The van der Waals surface area contributed by atoms with Crippen molar-refractivity contribution >= 4 is 29.0 Å². The molecule has 4 atom stereocenters. The fraction of sp³-hybridized carbons (Fsp3) is 0.643. The van der Waals surface area contributed by atoms with Crippen molar-refractivity contribution in [3.63, 3.8) is 0 Å². The molecule has 2 aromatic rings. The highest BCUT2D eigenvalue weighted by Gasteiger charge is 2.49. The van der Waals surface area contributed by atoms with Gasteiger partial charge < -0.3 is 20.6 Å². The summed E-state index contributed by atoms with van der Waals surface area (Å²) in [7, 11) is 0. The number of carbonyl (C=O) groups is 2. The number of carbonyl (C=O) groups excluding carboxylic acids is 2. The van der Waals surface area contributed by atoms with Gasteiger partial charge in [-0.25, -0.2) is 18.7 Å². The standard InChI is InChI=1S/C28H36F5N5O3S/c1-6-16-10-7-13(2)38(16)26(40)20-21(42-25(37-20)24(39)35-14(3)27(4,5)41)18-12-34-19(11-17(18)23(29)30)36-22(15-8-9-15)28(31,32)33/h11-16,22-23,41H,6-10H2,1-5H3,(H,34,36)(H,35,39). The molecule has 0 bridgehead atoms. The summed E-state index contributed by atoms with van der Waals surface area (Å²) < 4.78 is 69.6. The lowest BCUT2D eigenvalue weighted by Crippen LogP contribution is -2.47. The number of pyridine rings is 1. The van der Waals surface area contributed by atoms with Crippen LogP contribution in [0.2, 0.25) is 0 Å². The van der Waals surface area contributed by atoms with Crippen LogP contribution in [0.15, 0.2) is 12.3 Å². The Bertz CT molecular complexity index is 1310. The Morgan fingerprint density at radius 1 is 1.19 bits per heavy atom. The lowest BCUT2D eigenvalue weighted by Gasteiger charge is -2.27. The highest BCUT2D eigenvalue weighted by atomic mass is 32.1. The average Bonchev–Trinajstić information content (AvgIpc) is 3.51. The van der Waals surface area contributed by atoms with E-state index in [9.17, 15) is 36.6 Å². The molecule has 8 nitrogen and oxygen atoms in total. The lowest BCUT2D eigenvalue weighted by molar-refractivity contribution is -0.146. The Hall–Kier alpha value is -2.87. The number of anilines is 1. The van der Waals surface area contributed by atoms with Gasteiger partial charge in [0.1, 0.15) is 17.6 Å². The summed E-state index contributed by atoms with van der Waals surface area (Å²) in [4.78, 5) is 36.9. The second-order valence-corrected chi connectivity index (χ2v) is 12.7. The van der Waals surface area contributed by atoms with Crippen LogP contribution in [-0.2, 0) is 0 Å². The van der Waals surface area contributed by atoms with Gasteiger partial charge in [0.15, 0.2) is 5.01 Å². The third-order valence-electron chi connectivity index (χ3n) is 8.09. The molecule has 2 fully saturated rings. The maximum absolute atomic E-state index is 14.4. The van der Waals surface area contributed by atoms with Crippen molar-refractivity contribution in [2.45, 2.75) is 109 Å². The first-order chi connectivity index (χ1) is 19.5. The van der Waals surface area contributed by atoms with Crippen LogP contribution in [0.4, 0.5) is 27.8 Å². The van der Waals surface area contributed by atoms with E-state index < -0.39 is 53.6 Å². The number of likely N-dealkylation sites (tertiary alicyclic amines) is 1. The van der Waals surface area contributed by atoms with Gasteiger partial charge in [0.2, 0.25) is 0 Å². The third kappa shape index (κ3) is 6.85. The molecule has 3 heterocycles. The molecule has 42 heavy (non-hydrogen) atoms. The van der Waals surface area contributed by atoms with Gasteiger partial charge in [-0.1, -0.05) is 6.92 Å². The third-order valence-corrected chi connectivity index (χ3v) is 9.18. The molecule has 4 rings (SSSR count). The van der Waals surface area contributed by atoms with E-state index in [-0.39, 0.29) is 39.0 Å². The van der Waals surface area contributed by atoms with E-state index in [0.29, 0.717) is 30.6 Å². The molecule has 2 aliphatic rings. The number of aromatic nitrogens is 2. The number of rotatable bonds is 10. The molecule has 2 aromatic heterocycles.